The van der Waals surface area contributed by atoms with E-state index in [0.29, 0.717) is 0 Å². The standard InChI is InChI=1S/C10H16N2O2/c1-3-4-5-9(2)14-10(13)12-7-6-11-8-12/h6-9H,3-5H2,1-2H3. The van der Waals surface area contributed by atoms with Crippen LogP contribution < -0.4 is 0 Å². The molecule has 0 aliphatic heterocycles. The second-order valence-electron chi connectivity index (χ2n) is 3.31. The first-order valence-corrected chi connectivity index (χ1v) is 4.93. The van der Waals surface area contributed by atoms with Crippen LogP contribution in [0.2, 0.25) is 0 Å². The Labute approximate surface area is 83.9 Å². The second-order valence-corrected chi connectivity index (χ2v) is 3.31. The van der Waals surface area contributed by atoms with Gasteiger partial charge in [0, 0.05) is 12.4 Å². The quantitative estimate of drug-likeness (QED) is 0.743. The topological polar surface area (TPSA) is 44.1 Å². The van der Waals surface area contributed by atoms with Gasteiger partial charge in [0.2, 0.25) is 0 Å². The first-order chi connectivity index (χ1) is 6.74. The molecule has 0 aromatic carbocycles. The molecular formula is C10H16N2O2. The summed E-state index contributed by atoms with van der Waals surface area (Å²) in [6, 6.07) is 0. The van der Waals surface area contributed by atoms with Crippen LogP contribution in [0.5, 0.6) is 0 Å². The zero-order valence-corrected chi connectivity index (χ0v) is 8.64. The van der Waals surface area contributed by atoms with Crippen LogP contribution >= 0.6 is 0 Å². The number of unbranched alkanes of at least 4 members (excludes halogenated alkanes) is 1. The molecule has 1 heterocycles. The number of aromatic nitrogens is 2. The van der Waals surface area contributed by atoms with Gasteiger partial charge >= 0.3 is 6.09 Å². The Hall–Kier alpha value is -1.32. The SMILES string of the molecule is CCCCC(C)OC(=O)n1ccnc1. The van der Waals surface area contributed by atoms with Crippen molar-refractivity contribution in [1.29, 1.82) is 0 Å². The summed E-state index contributed by atoms with van der Waals surface area (Å²) in [6.07, 6.45) is 7.31. The zero-order valence-electron chi connectivity index (χ0n) is 8.64. The van der Waals surface area contributed by atoms with Gasteiger partial charge in [-0.2, -0.15) is 0 Å². The Bertz CT molecular complexity index is 270. The van der Waals surface area contributed by atoms with Crippen LogP contribution in [0.15, 0.2) is 18.7 Å². The summed E-state index contributed by atoms with van der Waals surface area (Å²) in [7, 11) is 0. The number of nitrogens with zero attached hydrogens (tertiary/aromatic N) is 2. The molecule has 14 heavy (non-hydrogen) atoms. The summed E-state index contributed by atoms with van der Waals surface area (Å²) in [5.74, 6) is 0. The third-order valence-electron chi connectivity index (χ3n) is 1.98. The fourth-order valence-electron chi connectivity index (χ4n) is 1.15. The highest BCUT2D eigenvalue weighted by Gasteiger charge is 2.09. The van der Waals surface area contributed by atoms with E-state index in [0.717, 1.165) is 19.3 Å². The minimum Gasteiger partial charge on any atom is -0.446 e. The molecule has 0 aliphatic rings. The average Bonchev–Trinajstić information content (AvgIpc) is 2.67. The van der Waals surface area contributed by atoms with Crippen LogP contribution in [0.25, 0.3) is 0 Å². The minimum absolute atomic E-state index is 0.0233. The van der Waals surface area contributed by atoms with Gasteiger partial charge in [0.15, 0.2) is 0 Å². The van der Waals surface area contributed by atoms with E-state index in [2.05, 4.69) is 11.9 Å². The first-order valence-electron chi connectivity index (χ1n) is 4.93. The van der Waals surface area contributed by atoms with Crippen LogP contribution in [0.1, 0.15) is 33.1 Å². The number of ether oxygens (including phenoxy) is 1. The third-order valence-corrected chi connectivity index (χ3v) is 1.98. The molecular weight excluding hydrogens is 180 g/mol. The van der Waals surface area contributed by atoms with Crippen molar-refractivity contribution in [3.8, 4) is 0 Å². The van der Waals surface area contributed by atoms with Gasteiger partial charge in [0.05, 0.1) is 0 Å². The summed E-state index contributed by atoms with van der Waals surface area (Å²) in [5, 5.41) is 0. The van der Waals surface area contributed by atoms with Crippen molar-refractivity contribution < 1.29 is 9.53 Å². The number of imidazole rings is 1. The van der Waals surface area contributed by atoms with Crippen LogP contribution in [0.3, 0.4) is 0 Å². The van der Waals surface area contributed by atoms with Crippen molar-refractivity contribution >= 4 is 6.09 Å². The lowest BCUT2D eigenvalue weighted by Gasteiger charge is -2.12. The van der Waals surface area contributed by atoms with Gasteiger partial charge in [0.25, 0.3) is 0 Å². The maximum absolute atomic E-state index is 11.4. The molecule has 1 atom stereocenters. The van der Waals surface area contributed by atoms with Gasteiger partial charge in [-0.05, 0) is 13.3 Å². The third kappa shape index (κ3) is 3.20. The van der Waals surface area contributed by atoms with E-state index >= 15 is 0 Å². The largest absolute Gasteiger partial charge is 0.446 e. The van der Waals surface area contributed by atoms with Gasteiger partial charge in [-0.15, -0.1) is 0 Å². The summed E-state index contributed by atoms with van der Waals surface area (Å²) >= 11 is 0. The first kappa shape index (κ1) is 10.8. The summed E-state index contributed by atoms with van der Waals surface area (Å²) in [4.78, 5) is 15.2. The molecule has 0 spiro atoms. The molecule has 1 rings (SSSR count). The number of carbonyl (C=O) groups is 1. The molecule has 4 heteroatoms. The molecule has 0 aliphatic carbocycles. The fraction of sp³-hybridized carbons (Fsp3) is 0.600. The number of carbonyl (C=O) groups excluding carboxylic acids is 1. The van der Waals surface area contributed by atoms with E-state index in [9.17, 15) is 4.79 Å². The van der Waals surface area contributed by atoms with E-state index in [4.69, 9.17) is 4.74 Å². The lowest BCUT2D eigenvalue weighted by Crippen LogP contribution is -2.18. The molecule has 0 saturated carbocycles. The van der Waals surface area contributed by atoms with E-state index < -0.39 is 0 Å². The Morgan fingerprint density at radius 1 is 1.64 bits per heavy atom. The monoisotopic (exact) mass is 196 g/mol. The molecule has 0 bridgehead atoms. The Morgan fingerprint density at radius 2 is 2.43 bits per heavy atom. The molecule has 4 nitrogen and oxygen atoms in total. The number of rotatable bonds is 4. The van der Waals surface area contributed by atoms with Gasteiger partial charge < -0.3 is 4.74 Å². The van der Waals surface area contributed by atoms with Gasteiger partial charge in [0.1, 0.15) is 12.4 Å². The maximum Gasteiger partial charge on any atom is 0.419 e. The Morgan fingerprint density at radius 3 is 3.00 bits per heavy atom. The minimum atomic E-state index is -0.355. The van der Waals surface area contributed by atoms with Crippen molar-refractivity contribution in [1.82, 2.24) is 9.55 Å². The van der Waals surface area contributed by atoms with E-state index in [-0.39, 0.29) is 12.2 Å². The lowest BCUT2D eigenvalue weighted by atomic mass is 10.2. The highest BCUT2D eigenvalue weighted by molar-refractivity contribution is 5.70. The summed E-state index contributed by atoms with van der Waals surface area (Å²) in [5.41, 5.74) is 0. The maximum atomic E-state index is 11.4. The highest BCUT2D eigenvalue weighted by atomic mass is 16.6. The van der Waals surface area contributed by atoms with Crippen molar-refractivity contribution in [3.63, 3.8) is 0 Å². The fourth-order valence-corrected chi connectivity index (χ4v) is 1.15. The van der Waals surface area contributed by atoms with Gasteiger partial charge in [-0.1, -0.05) is 19.8 Å². The van der Waals surface area contributed by atoms with Crippen molar-refractivity contribution in [2.24, 2.45) is 0 Å². The highest BCUT2D eigenvalue weighted by Crippen LogP contribution is 2.05. The zero-order chi connectivity index (χ0) is 10.4. The molecule has 0 radical (unpaired) electrons. The average molecular weight is 196 g/mol. The predicted molar refractivity (Wildman–Crippen MR) is 53.1 cm³/mol. The molecule has 1 unspecified atom stereocenters. The molecule has 1 aromatic heterocycles. The van der Waals surface area contributed by atoms with Crippen molar-refractivity contribution in [3.05, 3.63) is 18.7 Å². The lowest BCUT2D eigenvalue weighted by molar-refractivity contribution is 0.102. The van der Waals surface area contributed by atoms with E-state index in [1.807, 2.05) is 6.92 Å². The molecule has 0 N–H and O–H groups in total. The van der Waals surface area contributed by atoms with Crippen molar-refractivity contribution in [2.45, 2.75) is 39.2 Å². The Kier molecular flexibility index (Phi) is 4.16. The predicted octanol–water partition coefficient (Wildman–Crippen LogP) is 2.45. The molecule has 78 valence electrons. The molecule has 0 saturated heterocycles. The van der Waals surface area contributed by atoms with Crippen LogP contribution in [-0.2, 0) is 4.74 Å². The van der Waals surface area contributed by atoms with Gasteiger partial charge in [-0.3, -0.25) is 0 Å². The van der Waals surface area contributed by atoms with Crippen LogP contribution in [0, 0.1) is 0 Å². The molecule has 1 aromatic rings. The summed E-state index contributed by atoms with van der Waals surface area (Å²) < 4.78 is 6.52. The van der Waals surface area contributed by atoms with Crippen LogP contribution in [0.4, 0.5) is 4.79 Å². The van der Waals surface area contributed by atoms with E-state index in [1.165, 1.54) is 10.9 Å². The molecule has 0 amide bonds. The smallest absolute Gasteiger partial charge is 0.419 e. The van der Waals surface area contributed by atoms with Crippen LogP contribution in [-0.4, -0.2) is 21.7 Å². The summed E-state index contributed by atoms with van der Waals surface area (Å²) in [6.45, 7) is 4.02. The molecule has 0 fully saturated rings. The second kappa shape index (κ2) is 5.42. The number of hydrogen-bond donors (Lipinski definition) is 0. The normalized spacial score (nSPS) is 12.4. The van der Waals surface area contributed by atoms with E-state index in [1.54, 1.807) is 12.4 Å². The Balaban J connectivity index is 2.34. The van der Waals surface area contributed by atoms with Crippen molar-refractivity contribution in [2.75, 3.05) is 0 Å². The number of hydrogen-bond acceptors (Lipinski definition) is 3. The van der Waals surface area contributed by atoms with Gasteiger partial charge in [-0.25, -0.2) is 14.3 Å².